The van der Waals surface area contributed by atoms with Gasteiger partial charge in [0.25, 0.3) is 0 Å². The van der Waals surface area contributed by atoms with Gasteiger partial charge in [0.2, 0.25) is 0 Å². The molecule has 7 nitrogen and oxygen atoms in total. The van der Waals surface area contributed by atoms with E-state index in [0.717, 1.165) is 44.9 Å². The average molecular weight is 371 g/mol. The maximum atomic E-state index is 12.3. The Labute approximate surface area is 158 Å². The molecule has 0 aliphatic carbocycles. The van der Waals surface area contributed by atoms with Crippen LogP contribution in [0, 0.1) is 5.92 Å². The number of rotatable bonds is 7. The zero-order chi connectivity index (χ0) is 19.8. The van der Waals surface area contributed by atoms with Crippen LogP contribution in [0.1, 0.15) is 53.9 Å². The zero-order valence-electron chi connectivity index (χ0n) is 17.6. The van der Waals surface area contributed by atoms with Crippen LogP contribution in [0.4, 0.5) is 4.79 Å². The molecule has 0 spiro atoms. The van der Waals surface area contributed by atoms with Gasteiger partial charge in [-0.3, -0.25) is 4.99 Å². The Morgan fingerprint density at radius 3 is 2.42 bits per heavy atom. The highest BCUT2D eigenvalue weighted by atomic mass is 16.6. The van der Waals surface area contributed by atoms with Gasteiger partial charge in [0.05, 0.1) is 12.1 Å². The van der Waals surface area contributed by atoms with Crippen molar-refractivity contribution < 1.29 is 14.3 Å². The number of ether oxygens (including phenoxy) is 2. The fourth-order valence-electron chi connectivity index (χ4n) is 3.22. The summed E-state index contributed by atoms with van der Waals surface area (Å²) in [5, 5.41) is 6.52. The van der Waals surface area contributed by atoms with Crippen molar-refractivity contribution in [2.45, 2.75) is 65.0 Å². The van der Waals surface area contributed by atoms with Crippen molar-refractivity contribution in [2.75, 3.05) is 40.4 Å². The second-order valence-electron chi connectivity index (χ2n) is 8.07. The van der Waals surface area contributed by atoms with Crippen molar-refractivity contribution in [1.82, 2.24) is 15.5 Å². The van der Waals surface area contributed by atoms with Gasteiger partial charge < -0.3 is 25.0 Å². The molecule has 0 aromatic rings. The van der Waals surface area contributed by atoms with E-state index in [1.165, 1.54) is 0 Å². The van der Waals surface area contributed by atoms with Gasteiger partial charge in [-0.1, -0.05) is 13.8 Å². The summed E-state index contributed by atoms with van der Waals surface area (Å²) < 4.78 is 10.7. The third kappa shape index (κ3) is 7.02. The number of methoxy groups -OCH3 is 1. The van der Waals surface area contributed by atoms with Crippen molar-refractivity contribution in [3.63, 3.8) is 0 Å². The number of aliphatic imine (C=N–C) groups is 1. The number of likely N-dealkylation sites (tertiary alicyclic amines) is 1. The fourth-order valence-corrected chi connectivity index (χ4v) is 3.22. The number of nitrogens with one attached hydrogen (secondary N) is 2. The topological polar surface area (TPSA) is 75.2 Å². The molecule has 0 bridgehead atoms. The summed E-state index contributed by atoms with van der Waals surface area (Å²) >= 11 is 0. The van der Waals surface area contributed by atoms with Crippen LogP contribution < -0.4 is 10.6 Å². The number of carbonyl (C=O) groups is 1. The monoisotopic (exact) mass is 370 g/mol. The Kier molecular flexibility index (Phi) is 8.67. The Balaban J connectivity index is 2.67. The number of carbonyl (C=O) groups excluding carboxylic acids is 1. The predicted molar refractivity (Wildman–Crippen MR) is 106 cm³/mol. The van der Waals surface area contributed by atoms with Crippen LogP contribution in [0.2, 0.25) is 0 Å². The van der Waals surface area contributed by atoms with Crippen LogP contribution in [-0.2, 0) is 9.47 Å². The number of amides is 1. The molecule has 152 valence electrons. The van der Waals surface area contributed by atoms with Gasteiger partial charge in [-0.2, -0.15) is 0 Å². The van der Waals surface area contributed by atoms with Gasteiger partial charge in [0.1, 0.15) is 5.60 Å². The van der Waals surface area contributed by atoms with Gasteiger partial charge in [-0.15, -0.1) is 0 Å². The first kappa shape index (κ1) is 22.5. The highest BCUT2D eigenvalue weighted by Crippen LogP contribution is 2.19. The first-order valence-electron chi connectivity index (χ1n) is 9.64. The van der Waals surface area contributed by atoms with Crippen molar-refractivity contribution in [3.05, 3.63) is 0 Å². The summed E-state index contributed by atoms with van der Waals surface area (Å²) in [6.45, 7) is 13.1. The molecule has 1 saturated heterocycles. The molecular weight excluding hydrogens is 332 g/mol. The maximum absolute atomic E-state index is 12.3. The lowest BCUT2D eigenvalue weighted by Gasteiger charge is -2.35. The minimum atomic E-state index is -0.507. The van der Waals surface area contributed by atoms with Gasteiger partial charge in [0.15, 0.2) is 5.96 Å². The van der Waals surface area contributed by atoms with E-state index in [1.807, 2.05) is 20.8 Å². The molecular formula is C19H38N4O3. The van der Waals surface area contributed by atoms with Crippen molar-refractivity contribution in [1.29, 1.82) is 0 Å². The fraction of sp³-hybridized carbons (Fsp3) is 0.895. The summed E-state index contributed by atoms with van der Waals surface area (Å²) in [6, 6.07) is 0. The van der Waals surface area contributed by atoms with Crippen LogP contribution in [0.3, 0.4) is 0 Å². The van der Waals surface area contributed by atoms with Gasteiger partial charge in [-0.05, 0) is 40.0 Å². The second kappa shape index (κ2) is 10.00. The van der Waals surface area contributed by atoms with Crippen molar-refractivity contribution in [2.24, 2.45) is 10.9 Å². The molecule has 7 heteroatoms. The Morgan fingerprint density at radius 2 is 1.92 bits per heavy atom. The van der Waals surface area contributed by atoms with E-state index in [4.69, 9.17) is 9.47 Å². The molecule has 1 aliphatic heterocycles. The van der Waals surface area contributed by atoms with Crippen LogP contribution >= 0.6 is 0 Å². The highest BCUT2D eigenvalue weighted by Gasteiger charge is 2.32. The summed E-state index contributed by atoms with van der Waals surface area (Å²) in [7, 11) is 3.54. The third-order valence-electron chi connectivity index (χ3n) is 4.90. The first-order chi connectivity index (χ1) is 12.2. The Hall–Kier alpha value is -1.50. The quantitative estimate of drug-likeness (QED) is 0.532. The van der Waals surface area contributed by atoms with Gasteiger partial charge >= 0.3 is 6.09 Å². The molecule has 0 aromatic carbocycles. The molecule has 1 rings (SSSR count). The van der Waals surface area contributed by atoms with Crippen LogP contribution in [-0.4, -0.2) is 68.5 Å². The molecule has 1 unspecified atom stereocenters. The number of nitrogens with zero attached hydrogens (tertiary/aromatic N) is 2. The Bertz CT molecular complexity index is 470. The lowest BCUT2D eigenvalue weighted by atomic mass is 9.93. The van der Waals surface area contributed by atoms with E-state index in [1.54, 1.807) is 14.2 Å². The summed E-state index contributed by atoms with van der Waals surface area (Å²) in [6.07, 6.45) is 2.34. The normalized spacial score (nSPS) is 18.8. The van der Waals surface area contributed by atoms with Crippen LogP contribution in [0.25, 0.3) is 0 Å². The second-order valence-corrected chi connectivity index (χ2v) is 8.07. The SMILES string of the molecule is CCC(CC)(CNC(=NC)N1CCC(COC)C1)NC(=O)OC(C)(C)C. The molecule has 1 amide bonds. The summed E-state index contributed by atoms with van der Waals surface area (Å²) in [5.74, 6) is 1.42. The standard InChI is InChI=1S/C19H38N4O3/c1-8-19(9-2,22-17(24)26-18(3,4)5)14-21-16(20-6)23-11-10-15(12-23)13-25-7/h15H,8-14H2,1-7H3,(H,20,21)(H,22,24). The van der Waals surface area contributed by atoms with Crippen LogP contribution in [0.15, 0.2) is 4.99 Å². The zero-order valence-corrected chi connectivity index (χ0v) is 17.6. The maximum Gasteiger partial charge on any atom is 0.408 e. The summed E-state index contributed by atoms with van der Waals surface area (Å²) in [5.41, 5.74) is -0.878. The minimum Gasteiger partial charge on any atom is -0.444 e. The van der Waals surface area contributed by atoms with E-state index < -0.39 is 5.60 Å². The number of hydrogen-bond acceptors (Lipinski definition) is 4. The number of alkyl carbamates (subject to hydrolysis) is 1. The van der Waals surface area contributed by atoms with E-state index >= 15 is 0 Å². The molecule has 2 N–H and O–H groups in total. The smallest absolute Gasteiger partial charge is 0.408 e. The number of guanidine groups is 1. The third-order valence-corrected chi connectivity index (χ3v) is 4.90. The molecule has 0 radical (unpaired) electrons. The molecule has 1 fully saturated rings. The predicted octanol–water partition coefficient (Wildman–Crippen LogP) is 2.61. The Morgan fingerprint density at radius 1 is 1.27 bits per heavy atom. The molecule has 1 atom stereocenters. The molecule has 1 heterocycles. The number of hydrogen-bond donors (Lipinski definition) is 2. The van der Waals surface area contributed by atoms with Crippen molar-refractivity contribution in [3.8, 4) is 0 Å². The first-order valence-corrected chi connectivity index (χ1v) is 9.64. The molecule has 1 aliphatic rings. The lowest BCUT2D eigenvalue weighted by Crippen LogP contribution is -2.57. The molecule has 0 saturated carbocycles. The minimum absolute atomic E-state index is 0.371. The largest absolute Gasteiger partial charge is 0.444 e. The average Bonchev–Trinajstić information content (AvgIpc) is 3.01. The van der Waals surface area contributed by atoms with Gasteiger partial charge in [-0.25, -0.2) is 4.79 Å². The lowest BCUT2D eigenvalue weighted by molar-refractivity contribution is 0.0448. The summed E-state index contributed by atoms with van der Waals surface area (Å²) in [4.78, 5) is 18.9. The van der Waals surface area contributed by atoms with E-state index in [-0.39, 0.29) is 11.6 Å². The highest BCUT2D eigenvalue weighted by molar-refractivity contribution is 5.80. The van der Waals surface area contributed by atoms with E-state index in [9.17, 15) is 4.79 Å². The van der Waals surface area contributed by atoms with E-state index in [2.05, 4.69) is 34.4 Å². The van der Waals surface area contributed by atoms with Crippen molar-refractivity contribution >= 4 is 12.1 Å². The van der Waals surface area contributed by atoms with Crippen LogP contribution in [0.5, 0.6) is 0 Å². The van der Waals surface area contributed by atoms with E-state index in [0.29, 0.717) is 12.5 Å². The van der Waals surface area contributed by atoms with Gasteiger partial charge in [0, 0.05) is 39.7 Å². The molecule has 0 aromatic heterocycles. The molecule has 26 heavy (non-hydrogen) atoms.